The molecule has 27 heavy (non-hydrogen) atoms. The molecule has 2 N–H and O–H groups in total. The lowest BCUT2D eigenvalue weighted by Gasteiger charge is -2.08. The molecule has 140 valence electrons. The fourth-order valence-electron chi connectivity index (χ4n) is 2.32. The molecule has 0 unspecified atom stereocenters. The summed E-state index contributed by atoms with van der Waals surface area (Å²) in [5.41, 5.74) is 5.44. The third-order valence-corrected chi connectivity index (χ3v) is 4.65. The summed E-state index contributed by atoms with van der Waals surface area (Å²) in [6.45, 7) is 2.26. The molecule has 0 aliphatic rings. The Kier molecular flexibility index (Phi) is 6.16. The van der Waals surface area contributed by atoms with Crippen LogP contribution >= 0.6 is 22.9 Å². The van der Waals surface area contributed by atoms with Gasteiger partial charge in [0, 0.05) is 10.9 Å². The minimum atomic E-state index is -0.0762. The molecule has 1 heterocycles. The van der Waals surface area contributed by atoms with Crippen molar-refractivity contribution in [2.24, 2.45) is 5.10 Å². The molecule has 0 saturated carbocycles. The lowest BCUT2D eigenvalue weighted by Crippen LogP contribution is -1.95. The molecule has 2 aromatic carbocycles. The van der Waals surface area contributed by atoms with E-state index in [2.05, 4.69) is 15.5 Å². The average molecular weight is 404 g/mol. The number of rotatable bonds is 7. The van der Waals surface area contributed by atoms with Crippen molar-refractivity contribution in [3.8, 4) is 28.5 Å². The smallest absolute Gasteiger partial charge is 0.203 e. The first kappa shape index (κ1) is 19.0. The minimum absolute atomic E-state index is 0.0762. The minimum Gasteiger partial charge on any atom is -0.503 e. The Bertz CT molecular complexity index is 942. The maximum absolute atomic E-state index is 9.87. The Morgan fingerprint density at radius 2 is 2.07 bits per heavy atom. The molecule has 0 spiro atoms. The number of anilines is 1. The molecule has 0 saturated heterocycles. The van der Waals surface area contributed by atoms with Crippen molar-refractivity contribution in [1.82, 2.24) is 4.98 Å². The van der Waals surface area contributed by atoms with Gasteiger partial charge in [0.2, 0.25) is 5.13 Å². The van der Waals surface area contributed by atoms with Crippen molar-refractivity contribution < 1.29 is 14.6 Å². The molecule has 0 bridgehead atoms. The van der Waals surface area contributed by atoms with Crippen molar-refractivity contribution >= 4 is 34.3 Å². The van der Waals surface area contributed by atoms with E-state index in [1.807, 2.05) is 36.6 Å². The number of hydrogen-bond donors (Lipinski definition) is 2. The Morgan fingerprint density at radius 3 is 2.78 bits per heavy atom. The van der Waals surface area contributed by atoms with Crippen molar-refractivity contribution in [2.75, 3.05) is 19.1 Å². The van der Waals surface area contributed by atoms with E-state index in [0.717, 1.165) is 17.0 Å². The number of methoxy groups -OCH3 is 1. The highest BCUT2D eigenvalue weighted by molar-refractivity contribution is 7.14. The van der Waals surface area contributed by atoms with Crippen LogP contribution in [-0.2, 0) is 0 Å². The number of ether oxygens (including phenoxy) is 2. The van der Waals surface area contributed by atoms with E-state index < -0.39 is 0 Å². The molecule has 8 heteroatoms. The molecule has 3 aromatic rings. The van der Waals surface area contributed by atoms with E-state index in [-0.39, 0.29) is 10.8 Å². The fourth-order valence-corrected chi connectivity index (χ4v) is 3.20. The van der Waals surface area contributed by atoms with Gasteiger partial charge in [0.15, 0.2) is 11.5 Å². The molecule has 3 rings (SSSR count). The summed E-state index contributed by atoms with van der Waals surface area (Å²) in [7, 11) is 1.64. The van der Waals surface area contributed by atoms with Gasteiger partial charge >= 0.3 is 0 Å². The summed E-state index contributed by atoms with van der Waals surface area (Å²) in [5, 5.41) is 16.9. The number of phenols is 1. The zero-order chi connectivity index (χ0) is 19.2. The van der Waals surface area contributed by atoms with Crippen LogP contribution in [0.15, 0.2) is 46.9 Å². The first-order valence-electron chi connectivity index (χ1n) is 8.15. The van der Waals surface area contributed by atoms with Crippen LogP contribution in [0.25, 0.3) is 11.3 Å². The second kappa shape index (κ2) is 8.75. The van der Waals surface area contributed by atoms with Gasteiger partial charge in [0.05, 0.1) is 30.6 Å². The largest absolute Gasteiger partial charge is 0.503 e. The number of hydrazone groups is 1. The van der Waals surface area contributed by atoms with E-state index in [0.29, 0.717) is 23.1 Å². The Balaban J connectivity index is 1.69. The summed E-state index contributed by atoms with van der Waals surface area (Å²) >= 11 is 7.46. The van der Waals surface area contributed by atoms with Crippen LogP contribution in [0.3, 0.4) is 0 Å². The number of nitrogens with one attached hydrogen (secondary N) is 1. The number of phenolic OH excluding ortho intramolecular Hbond substituents is 1. The van der Waals surface area contributed by atoms with Gasteiger partial charge in [-0.1, -0.05) is 11.6 Å². The van der Waals surface area contributed by atoms with E-state index in [1.54, 1.807) is 25.5 Å². The summed E-state index contributed by atoms with van der Waals surface area (Å²) < 4.78 is 10.5. The van der Waals surface area contributed by atoms with E-state index in [4.69, 9.17) is 21.1 Å². The van der Waals surface area contributed by atoms with Crippen LogP contribution < -0.4 is 14.9 Å². The zero-order valence-electron chi connectivity index (χ0n) is 14.8. The standard InChI is InChI=1S/C19H18ClN3O3S/c1-3-26-17-9-12(8-15(20)18(17)24)10-21-23-19-22-16(11-27-19)13-4-6-14(25-2)7-5-13/h4-11,24H,3H2,1-2H3,(H,22,23)/b21-10-. The molecular formula is C19H18ClN3O3S. The van der Waals surface area contributed by atoms with E-state index in [9.17, 15) is 5.11 Å². The van der Waals surface area contributed by atoms with E-state index >= 15 is 0 Å². The fraction of sp³-hybridized carbons (Fsp3) is 0.158. The summed E-state index contributed by atoms with van der Waals surface area (Å²) in [6.07, 6.45) is 1.59. The molecule has 0 aliphatic carbocycles. The van der Waals surface area contributed by atoms with Crippen LogP contribution in [0.5, 0.6) is 17.2 Å². The van der Waals surface area contributed by atoms with Gasteiger partial charge in [-0.15, -0.1) is 11.3 Å². The van der Waals surface area contributed by atoms with Gasteiger partial charge in [-0.2, -0.15) is 5.10 Å². The summed E-state index contributed by atoms with van der Waals surface area (Å²) in [4.78, 5) is 4.51. The van der Waals surface area contributed by atoms with Crippen molar-refractivity contribution in [3.05, 3.63) is 52.4 Å². The highest BCUT2D eigenvalue weighted by Crippen LogP contribution is 2.34. The van der Waals surface area contributed by atoms with Gasteiger partial charge in [0.25, 0.3) is 0 Å². The number of aromatic nitrogens is 1. The van der Waals surface area contributed by atoms with Crippen molar-refractivity contribution in [3.63, 3.8) is 0 Å². The number of thiazole rings is 1. The molecule has 0 atom stereocenters. The zero-order valence-corrected chi connectivity index (χ0v) is 16.3. The maximum Gasteiger partial charge on any atom is 0.203 e. The predicted molar refractivity (Wildman–Crippen MR) is 110 cm³/mol. The highest BCUT2D eigenvalue weighted by Gasteiger charge is 2.09. The third-order valence-electron chi connectivity index (χ3n) is 3.61. The van der Waals surface area contributed by atoms with Crippen molar-refractivity contribution in [1.29, 1.82) is 0 Å². The Hall–Kier alpha value is -2.77. The summed E-state index contributed by atoms with van der Waals surface area (Å²) in [6, 6.07) is 11.0. The summed E-state index contributed by atoms with van der Waals surface area (Å²) in [5.74, 6) is 1.05. The number of hydrogen-bond acceptors (Lipinski definition) is 7. The quantitative estimate of drug-likeness (QED) is 0.427. The van der Waals surface area contributed by atoms with Gasteiger partial charge in [-0.05, 0) is 48.9 Å². The van der Waals surface area contributed by atoms with Gasteiger partial charge in [-0.3, -0.25) is 5.43 Å². The highest BCUT2D eigenvalue weighted by atomic mass is 35.5. The van der Waals surface area contributed by atoms with Crippen LogP contribution in [0.1, 0.15) is 12.5 Å². The Morgan fingerprint density at radius 1 is 1.30 bits per heavy atom. The first-order valence-corrected chi connectivity index (χ1v) is 9.40. The number of halogens is 1. The second-order valence-corrected chi connectivity index (χ2v) is 6.68. The average Bonchev–Trinajstić information content (AvgIpc) is 3.15. The monoisotopic (exact) mass is 403 g/mol. The number of aromatic hydroxyl groups is 1. The maximum atomic E-state index is 9.87. The van der Waals surface area contributed by atoms with Crippen LogP contribution in [0.4, 0.5) is 5.13 Å². The third kappa shape index (κ3) is 4.69. The number of benzene rings is 2. The molecular weight excluding hydrogens is 386 g/mol. The topological polar surface area (TPSA) is 76.0 Å². The SMILES string of the molecule is CCOc1cc(/C=N\Nc2nc(-c3ccc(OC)cc3)cs2)cc(Cl)c1O. The molecule has 0 amide bonds. The number of nitrogens with zero attached hydrogens (tertiary/aromatic N) is 2. The lowest BCUT2D eigenvalue weighted by molar-refractivity contribution is 0.318. The van der Waals surface area contributed by atoms with E-state index in [1.165, 1.54) is 11.3 Å². The van der Waals surface area contributed by atoms with Crippen LogP contribution in [0, 0.1) is 0 Å². The van der Waals surface area contributed by atoms with Crippen molar-refractivity contribution in [2.45, 2.75) is 6.92 Å². The first-order chi connectivity index (χ1) is 13.1. The van der Waals surface area contributed by atoms with Gasteiger partial charge in [0.1, 0.15) is 5.75 Å². The van der Waals surface area contributed by atoms with Crippen LogP contribution in [0.2, 0.25) is 5.02 Å². The lowest BCUT2D eigenvalue weighted by atomic mass is 10.2. The predicted octanol–water partition coefficient (Wildman–Crippen LogP) is 5.02. The molecule has 6 nitrogen and oxygen atoms in total. The van der Waals surface area contributed by atoms with Gasteiger partial charge < -0.3 is 14.6 Å². The van der Waals surface area contributed by atoms with Gasteiger partial charge in [-0.25, -0.2) is 4.98 Å². The molecule has 0 aliphatic heterocycles. The second-order valence-electron chi connectivity index (χ2n) is 5.42. The molecule has 0 fully saturated rings. The molecule has 1 aromatic heterocycles. The molecule has 0 radical (unpaired) electrons. The van der Waals surface area contributed by atoms with Crippen LogP contribution in [-0.4, -0.2) is 30.0 Å². The normalized spacial score (nSPS) is 10.9. The Labute approximate surface area is 166 Å².